The molecule has 0 saturated heterocycles. The van der Waals surface area contributed by atoms with Crippen molar-refractivity contribution in [2.45, 2.75) is 10.8 Å². The summed E-state index contributed by atoms with van der Waals surface area (Å²) in [6.07, 6.45) is 0. The summed E-state index contributed by atoms with van der Waals surface area (Å²) < 4.78 is 0. The highest BCUT2D eigenvalue weighted by Crippen LogP contribution is 2.64. The molecule has 3 aliphatic carbocycles. The molecule has 0 aliphatic heterocycles. The molecule has 0 heterocycles. The van der Waals surface area contributed by atoms with E-state index in [2.05, 4.69) is 302 Å². The number of hydrogen-bond donors (Lipinski definition) is 0. The van der Waals surface area contributed by atoms with Gasteiger partial charge in [0.1, 0.15) is 0 Å². The zero-order chi connectivity index (χ0) is 49.5. The van der Waals surface area contributed by atoms with Gasteiger partial charge in [0, 0.05) is 17.1 Å². The maximum absolute atomic E-state index is 2.55. The largest absolute Gasteiger partial charge is 0.310 e. The highest BCUT2D eigenvalue weighted by atomic mass is 15.1. The molecule has 15 rings (SSSR count). The molecule has 0 amide bonds. The van der Waals surface area contributed by atoms with Crippen LogP contribution in [0.3, 0.4) is 0 Å². The second-order valence-corrected chi connectivity index (χ2v) is 20.3. The second-order valence-electron chi connectivity index (χ2n) is 20.3. The van der Waals surface area contributed by atoms with Gasteiger partial charge in [-0.15, -0.1) is 0 Å². The standard InChI is InChI=1S/C74H49N/c1-6-23-50(24-7-1)53-45-54(51-25-8-2-9-26-51)47-59(46-53)75(57-41-43-64-63-35-18-21-39-68(63)74(70(64)48-57)66-37-19-16-33-61(66)62-34-17-20-38-67(62)74)58-42-44-65-71(49-58)73(55-29-12-4-13-30-55,56-31-14-5-15-32-56)69-40-22-36-60(72(65)69)52-27-10-3-11-28-52/h1-49H. The van der Waals surface area contributed by atoms with Crippen LogP contribution in [0.4, 0.5) is 17.1 Å². The van der Waals surface area contributed by atoms with Gasteiger partial charge in [-0.05, 0) is 154 Å². The Hall–Kier alpha value is -9.56. The van der Waals surface area contributed by atoms with Crippen LogP contribution in [0.25, 0.3) is 66.8 Å². The van der Waals surface area contributed by atoms with E-state index in [1.54, 1.807) is 0 Å². The third-order valence-electron chi connectivity index (χ3n) is 16.5. The molecule has 75 heavy (non-hydrogen) atoms. The Labute approximate surface area is 439 Å². The Balaban J connectivity index is 1.05. The van der Waals surface area contributed by atoms with Crippen LogP contribution in [0.2, 0.25) is 0 Å². The minimum absolute atomic E-state index is 0.509. The van der Waals surface area contributed by atoms with E-state index in [1.807, 2.05) is 0 Å². The second kappa shape index (κ2) is 17.0. The first kappa shape index (κ1) is 43.1. The lowest BCUT2D eigenvalue weighted by molar-refractivity contribution is 0.768. The van der Waals surface area contributed by atoms with E-state index in [0.29, 0.717) is 0 Å². The summed E-state index contributed by atoms with van der Waals surface area (Å²) in [5.74, 6) is 0. The molecule has 1 nitrogen and oxygen atoms in total. The highest BCUT2D eigenvalue weighted by Gasteiger charge is 2.52. The molecule has 0 aromatic heterocycles. The molecule has 12 aromatic rings. The van der Waals surface area contributed by atoms with Crippen molar-refractivity contribution in [3.63, 3.8) is 0 Å². The van der Waals surface area contributed by atoms with Crippen LogP contribution in [0, 0.1) is 0 Å². The first-order valence-corrected chi connectivity index (χ1v) is 26.2. The lowest BCUT2D eigenvalue weighted by atomic mass is 9.67. The van der Waals surface area contributed by atoms with Gasteiger partial charge in [0.2, 0.25) is 0 Å². The average molecular weight is 952 g/mol. The predicted octanol–water partition coefficient (Wildman–Crippen LogP) is 18.9. The maximum atomic E-state index is 2.55. The Morgan fingerprint density at radius 1 is 0.200 bits per heavy atom. The Morgan fingerprint density at radius 2 is 0.573 bits per heavy atom. The van der Waals surface area contributed by atoms with Crippen LogP contribution in [-0.4, -0.2) is 0 Å². The fourth-order valence-electron chi connectivity index (χ4n) is 13.5. The van der Waals surface area contributed by atoms with Gasteiger partial charge in [-0.25, -0.2) is 0 Å². The quantitative estimate of drug-likeness (QED) is 0.147. The normalized spacial score (nSPS) is 13.5. The first-order valence-electron chi connectivity index (χ1n) is 26.2. The van der Waals surface area contributed by atoms with Crippen LogP contribution >= 0.6 is 0 Å². The fourth-order valence-corrected chi connectivity index (χ4v) is 13.5. The molecule has 0 N–H and O–H groups in total. The minimum atomic E-state index is -0.637. The van der Waals surface area contributed by atoms with Crippen LogP contribution < -0.4 is 4.90 Å². The predicted molar refractivity (Wildman–Crippen MR) is 311 cm³/mol. The van der Waals surface area contributed by atoms with Crippen LogP contribution in [0.1, 0.15) is 44.5 Å². The van der Waals surface area contributed by atoms with Gasteiger partial charge >= 0.3 is 0 Å². The summed E-state index contributed by atoms with van der Waals surface area (Å²) in [5.41, 5.74) is 27.2. The van der Waals surface area contributed by atoms with E-state index in [1.165, 1.54) is 100 Å². The summed E-state index contributed by atoms with van der Waals surface area (Å²) >= 11 is 0. The van der Waals surface area contributed by atoms with Crippen molar-refractivity contribution < 1.29 is 0 Å². The van der Waals surface area contributed by atoms with Crippen molar-refractivity contribution in [1.29, 1.82) is 0 Å². The molecule has 1 heteroatoms. The maximum Gasteiger partial charge on any atom is 0.0726 e. The van der Waals surface area contributed by atoms with E-state index in [-0.39, 0.29) is 0 Å². The van der Waals surface area contributed by atoms with Crippen molar-refractivity contribution >= 4 is 17.1 Å². The van der Waals surface area contributed by atoms with Gasteiger partial charge < -0.3 is 4.90 Å². The van der Waals surface area contributed by atoms with Gasteiger partial charge in [0.05, 0.1) is 10.8 Å². The molecule has 0 unspecified atom stereocenters. The molecule has 12 aromatic carbocycles. The summed E-state index contributed by atoms with van der Waals surface area (Å²) in [7, 11) is 0. The number of benzene rings is 12. The third kappa shape index (κ3) is 6.32. The van der Waals surface area contributed by atoms with Gasteiger partial charge in [0.25, 0.3) is 0 Å². The molecule has 0 fully saturated rings. The first-order chi connectivity index (χ1) is 37.2. The Bertz CT molecular complexity index is 4000. The van der Waals surface area contributed by atoms with Gasteiger partial charge in [0.15, 0.2) is 0 Å². The number of rotatable bonds is 8. The van der Waals surface area contributed by atoms with Crippen LogP contribution in [-0.2, 0) is 10.8 Å². The van der Waals surface area contributed by atoms with E-state index in [4.69, 9.17) is 0 Å². The smallest absolute Gasteiger partial charge is 0.0726 e. The summed E-state index contributed by atoms with van der Waals surface area (Å²) in [4.78, 5) is 2.55. The van der Waals surface area contributed by atoms with Gasteiger partial charge in [-0.3, -0.25) is 0 Å². The third-order valence-corrected chi connectivity index (χ3v) is 16.5. The Morgan fingerprint density at radius 3 is 1.07 bits per heavy atom. The summed E-state index contributed by atoms with van der Waals surface area (Å²) in [6, 6.07) is 111. The molecule has 3 aliphatic rings. The van der Waals surface area contributed by atoms with E-state index in [0.717, 1.165) is 28.2 Å². The van der Waals surface area contributed by atoms with E-state index < -0.39 is 10.8 Å². The number of hydrogen-bond acceptors (Lipinski definition) is 1. The lowest BCUT2D eigenvalue weighted by Gasteiger charge is -2.35. The lowest BCUT2D eigenvalue weighted by Crippen LogP contribution is -2.28. The number of fused-ring (bicyclic) bond motifs is 13. The SMILES string of the molecule is c1ccc(-c2cc(-c3ccccc3)cc(N(c3ccc4c(c3)C(c3ccccc3)(c3ccccc3)c3cccc(-c5ccccc5)c3-4)c3ccc4c(c3)C3(c5ccccc5-c5ccccc53)c3ccccc3-4)c2)cc1. The van der Waals surface area contributed by atoms with Crippen molar-refractivity contribution in [1.82, 2.24) is 0 Å². The van der Waals surface area contributed by atoms with Crippen molar-refractivity contribution in [2.24, 2.45) is 0 Å². The topological polar surface area (TPSA) is 3.24 Å². The van der Waals surface area contributed by atoms with Gasteiger partial charge in [-0.1, -0.05) is 255 Å². The summed E-state index contributed by atoms with van der Waals surface area (Å²) in [5, 5.41) is 0. The molecule has 0 bridgehead atoms. The molecule has 0 atom stereocenters. The van der Waals surface area contributed by atoms with Crippen LogP contribution in [0.15, 0.2) is 297 Å². The van der Waals surface area contributed by atoms with Crippen LogP contribution in [0.5, 0.6) is 0 Å². The zero-order valence-electron chi connectivity index (χ0n) is 41.2. The number of anilines is 3. The van der Waals surface area contributed by atoms with E-state index in [9.17, 15) is 0 Å². The molecular formula is C74H49N. The molecule has 350 valence electrons. The highest BCUT2D eigenvalue weighted by molar-refractivity contribution is 5.99. The number of nitrogens with zero attached hydrogens (tertiary/aromatic N) is 1. The van der Waals surface area contributed by atoms with Gasteiger partial charge in [-0.2, -0.15) is 0 Å². The van der Waals surface area contributed by atoms with E-state index >= 15 is 0 Å². The van der Waals surface area contributed by atoms with Crippen molar-refractivity contribution in [3.05, 3.63) is 342 Å². The minimum Gasteiger partial charge on any atom is -0.310 e. The zero-order valence-corrected chi connectivity index (χ0v) is 41.2. The van der Waals surface area contributed by atoms with Crippen molar-refractivity contribution in [3.8, 4) is 66.8 Å². The van der Waals surface area contributed by atoms with Crippen molar-refractivity contribution in [2.75, 3.05) is 4.90 Å². The molecule has 0 saturated carbocycles. The molecular weight excluding hydrogens is 903 g/mol. The fraction of sp³-hybridized carbons (Fsp3) is 0.0270. The molecule has 0 radical (unpaired) electrons. The average Bonchev–Trinajstić information content (AvgIpc) is 4.31. The molecule has 1 spiro atoms. The monoisotopic (exact) mass is 951 g/mol. The Kier molecular flexibility index (Phi) is 9.77. The summed E-state index contributed by atoms with van der Waals surface area (Å²) in [6.45, 7) is 0.